The first-order valence-electron chi connectivity index (χ1n) is 14.6. The lowest BCUT2D eigenvalue weighted by Crippen LogP contribution is -1.93. The Kier molecular flexibility index (Phi) is 5.00. The molecule has 0 atom stereocenters. The lowest BCUT2D eigenvalue weighted by Gasteiger charge is -2.21. The quantitative estimate of drug-likeness (QED) is 0.154. The summed E-state index contributed by atoms with van der Waals surface area (Å²) in [5.41, 5.74) is 5.16. The normalized spacial score (nSPS) is 11.8. The van der Waals surface area contributed by atoms with E-state index in [2.05, 4.69) is 158 Å². The minimum absolute atomic E-state index is 1.26. The monoisotopic (exact) mass is 530 g/mol. The van der Waals surface area contributed by atoms with Crippen LogP contribution in [-0.4, -0.2) is 0 Å². The molecule has 0 fully saturated rings. The van der Waals surface area contributed by atoms with E-state index >= 15 is 0 Å². The lowest BCUT2D eigenvalue weighted by atomic mass is 9.81. The van der Waals surface area contributed by atoms with Gasteiger partial charge in [0.05, 0.1) is 0 Å². The number of hydrogen-bond acceptors (Lipinski definition) is 0. The van der Waals surface area contributed by atoms with Gasteiger partial charge in [0.2, 0.25) is 0 Å². The molecule has 0 bridgehead atoms. The molecule has 0 aliphatic heterocycles. The molecule has 0 saturated carbocycles. The second-order valence-electron chi connectivity index (χ2n) is 11.2. The van der Waals surface area contributed by atoms with Crippen molar-refractivity contribution in [2.45, 2.75) is 0 Å². The molecule has 0 aromatic heterocycles. The zero-order valence-corrected chi connectivity index (χ0v) is 23.0. The maximum Gasteiger partial charge on any atom is -0.00137 e. The fourth-order valence-corrected chi connectivity index (χ4v) is 7.22. The molecule has 0 radical (unpaired) electrons. The highest BCUT2D eigenvalue weighted by Crippen LogP contribution is 2.49. The van der Waals surface area contributed by atoms with Gasteiger partial charge in [-0.15, -0.1) is 0 Å². The van der Waals surface area contributed by atoms with Gasteiger partial charge in [0, 0.05) is 0 Å². The smallest absolute Gasteiger partial charge is 0.00137 e. The van der Waals surface area contributed by atoms with Crippen molar-refractivity contribution >= 4 is 64.6 Å². The maximum atomic E-state index is 2.38. The molecule has 0 heterocycles. The van der Waals surface area contributed by atoms with E-state index in [-0.39, 0.29) is 0 Å². The predicted octanol–water partition coefficient (Wildman–Crippen LogP) is 11.9. The summed E-state index contributed by atoms with van der Waals surface area (Å²) in [6, 6.07) is 58.1. The van der Waals surface area contributed by atoms with Gasteiger partial charge in [0.25, 0.3) is 0 Å². The summed E-state index contributed by atoms with van der Waals surface area (Å²) in [6.07, 6.45) is 0. The predicted molar refractivity (Wildman–Crippen MR) is 182 cm³/mol. The molecular formula is C42H26. The van der Waals surface area contributed by atoms with Crippen LogP contribution in [0.5, 0.6) is 0 Å². The van der Waals surface area contributed by atoms with Crippen molar-refractivity contribution in [3.05, 3.63) is 158 Å². The van der Waals surface area contributed by atoms with E-state index in [0.717, 1.165) is 0 Å². The van der Waals surface area contributed by atoms with Gasteiger partial charge >= 0.3 is 0 Å². The third kappa shape index (κ3) is 3.30. The standard InChI is InChI=1S/C42H26/c1-5-17-31-27(11-1)14-9-21-34(31)40-36-19-7-8-20-37(36)41(35-22-10-15-28-12-2-6-18-32(28)35)42-38-24-23-29-13-3-4-16-30(29)33(38)25-26-39(40)42/h1-26H. The Morgan fingerprint density at radius 1 is 0.214 bits per heavy atom. The molecule has 42 heavy (non-hydrogen) atoms. The Bertz CT molecular complexity index is 2500. The molecule has 0 amide bonds. The van der Waals surface area contributed by atoms with Gasteiger partial charge in [-0.25, -0.2) is 0 Å². The summed E-state index contributed by atoms with van der Waals surface area (Å²) in [7, 11) is 0. The van der Waals surface area contributed by atoms with Gasteiger partial charge < -0.3 is 0 Å². The fraction of sp³-hybridized carbons (Fsp3) is 0. The molecule has 0 aliphatic carbocycles. The van der Waals surface area contributed by atoms with E-state index < -0.39 is 0 Å². The van der Waals surface area contributed by atoms with Crippen molar-refractivity contribution in [3.63, 3.8) is 0 Å². The van der Waals surface area contributed by atoms with E-state index in [0.29, 0.717) is 0 Å². The number of hydrogen-bond donors (Lipinski definition) is 0. The van der Waals surface area contributed by atoms with Gasteiger partial charge in [0.1, 0.15) is 0 Å². The van der Waals surface area contributed by atoms with Gasteiger partial charge in [-0.1, -0.05) is 158 Å². The van der Waals surface area contributed by atoms with Crippen LogP contribution >= 0.6 is 0 Å². The molecule has 0 spiro atoms. The SMILES string of the molecule is c1ccc2c(-c3c4ccccc4c(-c4cccc5ccccc45)c4c3ccc3c5ccccc5ccc34)cccc2c1. The largest absolute Gasteiger partial charge is 0.0616 e. The minimum atomic E-state index is 1.26. The van der Waals surface area contributed by atoms with Crippen LogP contribution in [0.3, 0.4) is 0 Å². The van der Waals surface area contributed by atoms with Gasteiger partial charge in [-0.05, 0) is 86.9 Å². The van der Waals surface area contributed by atoms with Crippen LogP contribution in [0, 0.1) is 0 Å². The van der Waals surface area contributed by atoms with Crippen LogP contribution in [-0.2, 0) is 0 Å². The van der Waals surface area contributed by atoms with E-state index in [9.17, 15) is 0 Å². The van der Waals surface area contributed by atoms with Gasteiger partial charge in [-0.2, -0.15) is 0 Å². The second kappa shape index (κ2) is 9.03. The first kappa shape index (κ1) is 23.3. The van der Waals surface area contributed by atoms with Crippen molar-refractivity contribution < 1.29 is 0 Å². The average Bonchev–Trinajstić information content (AvgIpc) is 3.06. The molecule has 9 aromatic rings. The zero-order chi connectivity index (χ0) is 27.6. The Morgan fingerprint density at radius 2 is 0.643 bits per heavy atom. The molecule has 0 heteroatoms. The Hall–Kier alpha value is -5.46. The van der Waals surface area contributed by atoms with E-state index in [1.165, 1.54) is 86.9 Å². The topological polar surface area (TPSA) is 0 Å². The second-order valence-corrected chi connectivity index (χ2v) is 11.2. The molecule has 0 unspecified atom stereocenters. The highest BCUT2D eigenvalue weighted by molar-refractivity contribution is 6.32. The molecule has 0 nitrogen and oxygen atoms in total. The molecule has 9 aromatic carbocycles. The van der Waals surface area contributed by atoms with Crippen molar-refractivity contribution in [3.8, 4) is 22.3 Å². The van der Waals surface area contributed by atoms with Crippen LogP contribution in [0.4, 0.5) is 0 Å². The van der Waals surface area contributed by atoms with Crippen LogP contribution < -0.4 is 0 Å². The van der Waals surface area contributed by atoms with Crippen molar-refractivity contribution in [1.82, 2.24) is 0 Å². The number of rotatable bonds is 2. The highest BCUT2D eigenvalue weighted by atomic mass is 14.2. The van der Waals surface area contributed by atoms with Crippen LogP contribution in [0.15, 0.2) is 158 Å². The first-order chi connectivity index (χ1) is 20.9. The summed E-state index contributed by atoms with van der Waals surface area (Å²) in [6.45, 7) is 0. The van der Waals surface area contributed by atoms with E-state index in [1.54, 1.807) is 0 Å². The summed E-state index contributed by atoms with van der Waals surface area (Å²) in [5.74, 6) is 0. The van der Waals surface area contributed by atoms with Gasteiger partial charge in [0.15, 0.2) is 0 Å². The number of fused-ring (bicyclic) bond motifs is 8. The summed E-state index contributed by atoms with van der Waals surface area (Å²) >= 11 is 0. The zero-order valence-electron chi connectivity index (χ0n) is 23.0. The average molecular weight is 531 g/mol. The molecule has 9 rings (SSSR count). The Morgan fingerprint density at radius 3 is 1.29 bits per heavy atom. The Balaban J connectivity index is 1.58. The number of benzene rings is 9. The third-order valence-electron chi connectivity index (χ3n) is 9.03. The van der Waals surface area contributed by atoms with Crippen molar-refractivity contribution in [1.29, 1.82) is 0 Å². The summed E-state index contributed by atoms with van der Waals surface area (Å²) in [5, 5.41) is 15.4. The lowest BCUT2D eigenvalue weighted by molar-refractivity contribution is 1.69. The van der Waals surface area contributed by atoms with Crippen LogP contribution in [0.2, 0.25) is 0 Å². The van der Waals surface area contributed by atoms with Crippen LogP contribution in [0.1, 0.15) is 0 Å². The van der Waals surface area contributed by atoms with Crippen LogP contribution in [0.25, 0.3) is 86.9 Å². The minimum Gasteiger partial charge on any atom is -0.0616 e. The first-order valence-corrected chi connectivity index (χ1v) is 14.6. The maximum absolute atomic E-state index is 2.38. The summed E-state index contributed by atoms with van der Waals surface area (Å²) < 4.78 is 0. The molecule has 0 N–H and O–H groups in total. The van der Waals surface area contributed by atoms with Crippen molar-refractivity contribution in [2.75, 3.05) is 0 Å². The van der Waals surface area contributed by atoms with Crippen molar-refractivity contribution in [2.24, 2.45) is 0 Å². The molecule has 0 saturated heterocycles. The Labute approximate surface area is 244 Å². The van der Waals surface area contributed by atoms with Gasteiger partial charge in [-0.3, -0.25) is 0 Å². The van der Waals surface area contributed by atoms with E-state index in [1.807, 2.05) is 0 Å². The third-order valence-corrected chi connectivity index (χ3v) is 9.03. The summed E-state index contributed by atoms with van der Waals surface area (Å²) in [4.78, 5) is 0. The fourth-order valence-electron chi connectivity index (χ4n) is 7.22. The van der Waals surface area contributed by atoms with E-state index in [4.69, 9.17) is 0 Å². The molecule has 0 aliphatic rings. The molecule has 194 valence electrons. The highest BCUT2D eigenvalue weighted by Gasteiger charge is 2.21. The molecular weight excluding hydrogens is 504 g/mol.